The van der Waals surface area contributed by atoms with Gasteiger partial charge in [0.2, 0.25) is 0 Å². The van der Waals surface area contributed by atoms with Gasteiger partial charge in [-0.2, -0.15) is 10.1 Å². The molecule has 1 N–H and O–H groups in total. The molecule has 6 heteroatoms. The zero-order valence-electron chi connectivity index (χ0n) is 14.8. The smallest absolute Gasteiger partial charge is 0.286 e. The van der Waals surface area contributed by atoms with Gasteiger partial charge in [-0.3, -0.25) is 9.05 Å². The molecule has 0 radical (unpaired) electrons. The normalized spacial score (nSPS) is 12.0. The first-order valence-corrected chi connectivity index (χ1v) is 10.4. The minimum Gasteiger partial charge on any atom is -0.286 e. The third-order valence-corrected chi connectivity index (χ3v) is 4.65. The Morgan fingerprint density at radius 2 is 1.23 bits per heavy atom. The first kappa shape index (κ1) is 22.1. The molecule has 0 atom stereocenters. The van der Waals surface area contributed by atoms with Crippen molar-refractivity contribution >= 4 is 7.82 Å². The van der Waals surface area contributed by atoms with Crippen molar-refractivity contribution in [2.75, 3.05) is 19.8 Å². The van der Waals surface area contributed by atoms with E-state index in [4.69, 9.17) is 13.7 Å². The molecule has 0 aromatic rings. The van der Waals surface area contributed by atoms with E-state index in [0.29, 0.717) is 19.8 Å². The predicted octanol–water partition coefficient (Wildman–Crippen LogP) is 5.61. The average molecular weight is 337 g/mol. The molecule has 0 unspecified atom stereocenters. The van der Waals surface area contributed by atoms with Gasteiger partial charge in [-0.1, -0.05) is 65.7 Å². The Balaban J connectivity index is 3.83. The van der Waals surface area contributed by atoms with Crippen molar-refractivity contribution in [2.24, 2.45) is 0 Å². The summed E-state index contributed by atoms with van der Waals surface area (Å²) in [7, 11) is -3.46. The Labute approximate surface area is 137 Å². The van der Waals surface area contributed by atoms with Gasteiger partial charge in [0.25, 0.3) is 0 Å². The predicted molar refractivity (Wildman–Crippen MR) is 91.8 cm³/mol. The average Bonchev–Trinajstić information content (AvgIpc) is 2.51. The molecular formula is C16H36NO4P. The number of nitrogens with one attached hydrogen (secondary N) is 1. The summed E-state index contributed by atoms with van der Waals surface area (Å²) in [5, 5.41) is 0. The minimum absolute atomic E-state index is 0.401. The van der Waals surface area contributed by atoms with Gasteiger partial charge in [0, 0.05) is 6.54 Å². The second-order valence-corrected chi connectivity index (χ2v) is 7.17. The molecule has 134 valence electrons. The first-order chi connectivity index (χ1) is 10.7. The molecule has 0 aliphatic rings. The van der Waals surface area contributed by atoms with E-state index < -0.39 is 7.82 Å². The van der Waals surface area contributed by atoms with Crippen LogP contribution in [0.2, 0.25) is 0 Å². The van der Waals surface area contributed by atoms with Crippen LogP contribution in [0.3, 0.4) is 0 Å². The Kier molecular flexibility index (Phi) is 16.0. The molecule has 0 aromatic heterocycles. The number of phosphoric ester groups is 1. The highest BCUT2D eigenvalue weighted by atomic mass is 31.2. The largest absolute Gasteiger partial charge is 0.491 e. The summed E-state index contributed by atoms with van der Waals surface area (Å²) < 4.78 is 28.3. The molecular weight excluding hydrogens is 301 g/mol. The highest BCUT2D eigenvalue weighted by Crippen LogP contribution is 2.48. The molecule has 0 saturated carbocycles. The van der Waals surface area contributed by atoms with E-state index >= 15 is 0 Å². The van der Waals surface area contributed by atoms with Crippen LogP contribution in [0.4, 0.5) is 0 Å². The maximum Gasteiger partial charge on any atom is 0.491 e. The van der Waals surface area contributed by atoms with Gasteiger partial charge in [0.15, 0.2) is 0 Å². The van der Waals surface area contributed by atoms with Crippen LogP contribution in [0.25, 0.3) is 0 Å². The highest BCUT2D eigenvalue weighted by molar-refractivity contribution is 7.48. The van der Waals surface area contributed by atoms with Gasteiger partial charge in [-0.15, -0.1) is 0 Å². The van der Waals surface area contributed by atoms with Crippen LogP contribution in [0.15, 0.2) is 0 Å². The fourth-order valence-corrected chi connectivity index (χ4v) is 2.97. The quantitative estimate of drug-likeness (QED) is 0.212. The lowest BCUT2D eigenvalue weighted by atomic mass is 10.1. The standard InChI is InChI=1S/C16H36NO4P/c1-4-7-10-11-12-13-14-17-21-22(18,19-15-8-5-2)20-16-9-6-3/h17H,4-16H2,1-3H3. The Morgan fingerprint density at radius 3 is 1.77 bits per heavy atom. The zero-order chi connectivity index (χ0) is 16.5. The van der Waals surface area contributed by atoms with Crippen molar-refractivity contribution in [2.45, 2.75) is 85.0 Å². The maximum atomic E-state index is 12.4. The number of rotatable bonds is 17. The number of phosphoric acid groups is 1. The summed E-state index contributed by atoms with van der Waals surface area (Å²) in [6.45, 7) is 7.80. The highest BCUT2D eigenvalue weighted by Gasteiger charge is 2.26. The molecule has 5 nitrogen and oxygen atoms in total. The van der Waals surface area contributed by atoms with Gasteiger partial charge < -0.3 is 0 Å². The van der Waals surface area contributed by atoms with Crippen LogP contribution in [0, 0.1) is 0 Å². The summed E-state index contributed by atoms with van der Waals surface area (Å²) in [6, 6.07) is 0. The molecule has 0 saturated heterocycles. The second-order valence-electron chi connectivity index (χ2n) is 5.57. The summed E-state index contributed by atoms with van der Waals surface area (Å²) in [6.07, 6.45) is 10.9. The molecule has 0 aliphatic heterocycles. The molecule has 0 heterocycles. The summed E-state index contributed by atoms with van der Waals surface area (Å²) in [4.78, 5) is 0. The first-order valence-electron chi connectivity index (χ1n) is 8.99. The number of hydrogen-bond donors (Lipinski definition) is 1. The maximum absolute atomic E-state index is 12.4. The summed E-state index contributed by atoms with van der Waals surface area (Å²) in [5.74, 6) is 0. The summed E-state index contributed by atoms with van der Waals surface area (Å²) in [5.41, 5.74) is 2.76. The van der Waals surface area contributed by atoms with E-state index in [-0.39, 0.29) is 0 Å². The third kappa shape index (κ3) is 13.7. The van der Waals surface area contributed by atoms with Gasteiger partial charge in [-0.25, -0.2) is 4.57 Å². The molecule has 0 bridgehead atoms. The molecule has 0 rings (SSSR count). The SMILES string of the molecule is CCCCCCCCNOP(=O)(OCCCC)OCCCC. The molecule has 22 heavy (non-hydrogen) atoms. The van der Waals surface area contributed by atoms with E-state index in [1.54, 1.807) is 0 Å². The molecule has 0 spiro atoms. The molecule has 0 amide bonds. The number of hydrogen-bond acceptors (Lipinski definition) is 5. The van der Waals surface area contributed by atoms with Crippen LogP contribution < -0.4 is 5.48 Å². The molecule has 0 aromatic carbocycles. The van der Waals surface area contributed by atoms with Gasteiger partial charge in [0.05, 0.1) is 13.2 Å². The topological polar surface area (TPSA) is 56.8 Å². The van der Waals surface area contributed by atoms with E-state index in [1.807, 2.05) is 0 Å². The van der Waals surface area contributed by atoms with E-state index in [2.05, 4.69) is 26.3 Å². The van der Waals surface area contributed by atoms with Crippen molar-refractivity contribution in [1.82, 2.24) is 5.48 Å². The zero-order valence-corrected chi connectivity index (χ0v) is 15.7. The van der Waals surface area contributed by atoms with Crippen LogP contribution >= 0.6 is 7.82 Å². The van der Waals surface area contributed by atoms with Crippen molar-refractivity contribution in [3.8, 4) is 0 Å². The van der Waals surface area contributed by atoms with Crippen molar-refractivity contribution in [3.63, 3.8) is 0 Å². The van der Waals surface area contributed by atoms with Crippen LogP contribution in [0.1, 0.15) is 85.0 Å². The molecule has 0 aliphatic carbocycles. The Morgan fingerprint density at radius 1 is 0.727 bits per heavy atom. The Hall–Kier alpha value is 0.0700. The van der Waals surface area contributed by atoms with Crippen molar-refractivity contribution in [3.05, 3.63) is 0 Å². The van der Waals surface area contributed by atoms with Crippen LogP contribution in [0.5, 0.6) is 0 Å². The van der Waals surface area contributed by atoms with E-state index in [1.165, 1.54) is 25.7 Å². The fraction of sp³-hybridized carbons (Fsp3) is 1.00. The second kappa shape index (κ2) is 15.9. The van der Waals surface area contributed by atoms with Gasteiger partial charge >= 0.3 is 7.82 Å². The van der Waals surface area contributed by atoms with Crippen LogP contribution in [-0.2, 0) is 18.2 Å². The van der Waals surface area contributed by atoms with E-state index in [0.717, 1.165) is 38.5 Å². The number of hydroxylamine groups is 1. The van der Waals surface area contributed by atoms with Gasteiger partial charge in [0.1, 0.15) is 0 Å². The third-order valence-electron chi connectivity index (χ3n) is 3.30. The fourth-order valence-electron chi connectivity index (χ4n) is 1.83. The van der Waals surface area contributed by atoms with Crippen LogP contribution in [-0.4, -0.2) is 19.8 Å². The monoisotopic (exact) mass is 337 g/mol. The lowest BCUT2D eigenvalue weighted by Gasteiger charge is -2.17. The number of unbranched alkanes of at least 4 members (excludes halogenated alkanes) is 7. The van der Waals surface area contributed by atoms with E-state index in [9.17, 15) is 4.57 Å². The van der Waals surface area contributed by atoms with Crippen molar-refractivity contribution < 1.29 is 18.2 Å². The van der Waals surface area contributed by atoms with Gasteiger partial charge in [-0.05, 0) is 19.3 Å². The Bertz CT molecular complexity index is 263. The lowest BCUT2D eigenvalue weighted by molar-refractivity contribution is 0.0694. The summed E-state index contributed by atoms with van der Waals surface area (Å²) >= 11 is 0. The lowest BCUT2D eigenvalue weighted by Crippen LogP contribution is -2.17. The molecule has 0 fully saturated rings. The van der Waals surface area contributed by atoms with Crippen molar-refractivity contribution in [1.29, 1.82) is 0 Å². The minimum atomic E-state index is -3.46.